The largest absolute Gasteiger partial charge is 0.0654 e. The minimum Gasteiger partial charge on any atom is -0.0654 e. The van der Waals surface area contributed by atoms with E-state index in [1.54, 1.807) is 50.3 Å². The highest BCUT2D eigenvalue weighted by molar-refractivity contribution is 7.75. The fraction of sp³-hybridized carbons (Fsp3) is 1.00. The van der Waals surface area contributed by atoms with Crippen LogP contribution >= 0.6 is 7.26 Å². The number of unbranched alkanes of at least 4 members (excludes halogenated alkanes) is 30. The first-order valence-corrected chi connectivity index (χ1v) is 23.6. The van der Waals surface area contributed by atoms with Gasteiger partial charge in [0.05, 0.1) is 24.6 Å². The fourth-order valence-corrected chi connectivity index (χ4v) is 12.3. The van der Waals surface area contributed by atoms with E-state index in [-0.39, 0.29) is 0 Å². The van der Waals surface area contributed by atoms with E-state index in [4.69, 9.17) is 0 Å². The Morgan fingerprint density at radius 2 is 0.326 bits per heavy atom. The normalized spacial score (nSPS) is 12.0. The third kappa shape index (κ3) is 32.2. The molecule has 0 saturated carbocycles. The van der Waals surface area contributed by atoms with Crippen LogP contribution < -0.4 is 0 Å². The second kappa shape index (κ2) is 36.9. The molecule has 0 spiro atoms. The van der Waals surface area contributed by atoms with Crippen LogP contribution in [-0.4, -0.2) is 24.6 Å². The van der Waals surface area contributed by atoms with E-state index < -0.39 is 7.26 Å². The van der Waals surface area contributed by atoms with Crippen LogP contribution in [0.25, 0.3) is 0 Å². The van der Waals surface area contributed by atoms with E-state index in [0.717, 1.165) is 0 Å². The number of hydrogen-bond donors (Lipinski definition) is 0. The van der Waals surface area contributed by atoms with E-state index in [1.165, 1.54) is 193 Å². The summed E-state index contributed by atoms with van der Waals surface area (Å²) in [7, 11) is -0.762. The van der Waals surface area contributed by atoms with Crippen LogP contribution in [0.4, 0.5) is 0 Å². The second-order valence-corrected chi connectivity index (χ2v) is 19.3. The number of rotatable bonds is 38. The van der Waals surface area contributed by atoms with Crippen LogP contribution in [0.15, 0.2) is 0 Å². The highest BCUT2D eigenvalue weighted by Gasteiger charge is 2.35. The van der Waals surface area contributed by atoms with Gasteiger partial charge in [-0.2, -0.15) is 0 Å². The van der Waals surface area contributed by atoms with Crippen LogP contribution in [-0.2, 0) is 0 Å². The maximum atomic E-state index is 2.36. The molecule has 0 nitrogen and oxygen atoms in total. The van der Waals surface area contributed by atoms with E-state index in [0.29, 0.717) is 0 Å². The first kappa shape index (κ1) is 43.4. The molecule has 0 heterocycles. The third-order valence-electron chi connectivity index (χ3n) is 10.4. The summed E-state index contributed by atoms with van der Waals surface area (Å²) >= 11 is 0. The van der Waals surface area contributed by atoms with Crippen molar-refractivity contribution in [1.29, 1.82) is 0 Å². The van der Waals surface area contributed by atoms with Gasteiger partial charge in [0.25, 0.3) is 0 Å². The van der Waals surface area contributed by atoms with Gasteiger partial charge in [-0.05, 0) is 51.4 Å². The van der Waals surface area contributed by atoms with Crippen molar-refractivity contribution in [1.82, 2.24) is 0 Å². The summed E-state index contributed by atoms with van der Waals surface area (Å²) in [6.45, 7) is 9.38. The molecule has 0 aliphatic carbocycles. The minimum absolute atomic E-state index is 0.762. The molecule has 0 fully saturated rings. The summed E-state index contributed by atoms with van der Waals surface area (Å²) in [6, 6.07) is 0. The molecule has 0 aliphatic rings. The van der Waals surface area contributed by atoms with Crippen molar-refractivity contribution in [3.05, 3.63) is 0 Å². The van der Waals surface area contributed by atoms with Gasteiger partial charge in [-0.15, -0.1) is 0 Å². The standard InChI is InChI=1S/C42H88P/c1-5-9-13-17-21-23-25-27-29-33-37-41-43(39-35-31-19-15-11-7-3,40-36-32-20-16-12-8-4)42-38-34-30-28-26-24-22-18-14-10-6-2/h5-42H2,1-4H3/q+1. The summed E-state index contributed by atoms with van der Waals surface area (Å²) in [4.78, 5) is 0. The van der Waals surface area contributed by atoms with Crippen molar-refractivity contribution >= 4 is 7.26 Å². The average Bonchev–Trinajstić information content (AvgIpc) is 3.02. The molecule has 0 aromatic carbocycles. The van der Waals surface area contributed by atoms with Gasteiger partial charge in [0.2, 0.25) is 0 Å². The number of hydrogen-bond acceptors (Lipinski definition) is 0. The van der Waals surface area contributed by atoms with Crippen molar-refractivity contribution in [2.24, 2.45) is 0 Å². The zero-order valence-electron chi connectivity index (χ0n) is 31.3. The van der Waals surface area contributed by atoms with Gasteiger partial charge in [0.1, 0.15) is 0 Å². The monoisotopic (exact) mass is 624 g/mol. The zero-order valence-corrected chi connectivity index (χ0v) is 32.2. The molecule has 1 heteroatoms. The Hall–Kier alpha value is 0.430. The quantitative estimate of drug-likeness (QED) is 0.0474. The predicted molar refractivity (Wildman–Crippen MR) is 206 cm³/mol. The van der Waals surface area contributed by atoms with Gasteiger partial charge in [0.15, 0.2) is 0 Å². The molecule has 0 aromatic heterocycles. The molecule has 0 rings (SSSR count). The van der Waals surface area contributed by atoms with E-state index >= 15 is 0 Å². The van der Waals surface area contributed by atoms with Crippen molar-refractivity contribution in [3.63, 3.8) is 0 Å². The molecule has 0 aliphatic heterocycles. The topological polar surface area (TPSA) is 0 Å². The van der Waals surface area contributed by atoms with Gasteiger partial charge in [-0.1, -0.05) is 195 Å². The average molecular weight is 624 g/mol. The lowest BCUT2D eigenvalue weighted by atomic mass is 10.1. The van der Waals surface area contributed by atoms with Crippen molar-refractivity contribution < 1.29 is 0 Å². The Bertz CT molecular complexity index is 441. The van der Waals surface area contributed by atoms with Crippen LogP contribution in [0.3, 0.4) is 0 Å². The molecule has 0 atom stereocenters. The van der Waals surface area contributed by atoms with Crippen molar-refractivity contribution in [2.75, 3.05) is 24.6 Å². The Kier molecular flexibility index (Phi) is 37.3. The molecule has 0 bridgehead atoms. The first-order valence-electron chi connectivity index (χ1n) is 21.1. The minimum atomic E-state index is -0.762. The molecule has 0 aromatic rings. The Balaban J connectivity index is 4.68. The van der Waals surface area contributed by atoms with E-state index in [1.807, 2.05) is 0 Å². The Morgan fingerprint density at radius 1 is 0.186 bits per heavy atom. The highest BCUT2D eigenvalue weighted by Crippen LogP contribution is 2.61. The predicted octanol–water partition coefficient (Wildman–Crippen LogP) is 16.3. The van der Waals surface area contributed by atoms with Crippen LogP contribution in [0.1, 0.15) is 246 Å². The lowest BCUT2D eigenvalue weighted by molar-refractivity contribution is 0.553. The summed E-state index contributed by atoms with van der Waals surface area (Å²) in [5.74, 6) is 0. The third-order valence-corrected chi connectivity index (χ3v) is 15.5. The lowest BCUT2D eigenvalue weighted by Gasteiger charge is -2.28. The first-order chi connectivity index (χ1) is 21.2. The molecule has 0 amide bonds. The Labute approximate surface area is 277 Å². The summed E-state index contributed by atoms with van der Waals surface area (Å²) < 4.78 is 0. The van der Waals surface area contributed by atoms with E-state index in [2.05, 4.69) is 27.7 Å². The Morgan fingerprint density at radius 3 is 0.488 bits per heavy atom. The van der Waals surface area contributed by atoms with Crippen molar-refractivity contribution in [2.45, 2.75) is 246 Å². The SMILES string of the molecule is CCCCCCCCCCCCC[P+](CCCCCCCC)(CCCCCCCC)CCCCCCCCCCCCC. The zero-order chi connectivity index (χ0) is 31.4. The van der Waals surface area contributed by atoms with Crippen molar-refractivity contribution in [3.8, 4) is 0 Å². The lowest BCUT2D eigenvalue weighted by Crippen LogP contribution is -2.13. The van der Waals surface area contributed by atoms with Gasteiger partial charge < -0.3 is 0 Å². The molecular weight excluding hydrogens is 535 g/mol. The molecule has 0 radical (unpaired) electrons. The van der Waals surface area contributed by atoms with Crippen LogP contribution in [0.5, 0.6) is 0 Å². The maximum Gasteiger partial charge on any atom is 0.0594 e. The summed E-state index contributed by atoms with van der Waals surface area (Å²) in [5.41, 5.74) is 0. The van der Waals surface area contributed by atoms with Gasteiger partial charge in [-0.3, -0.25) is 0 Å². The van der Waals surface area contributed by atoms with Gasteiger partial charge in [0, 0.05) is 7.26 Å². The molecule has 260 valence electrons. The second-order valence-electron chi connectivity index (χ2n) is 14.8. The smallest absolute Gasteiger partial charge is 0.0594 e. The summed E-state index contributed by atoms with van der Waals surface area (Å²) in [5, 5.41) is 0. The molecular formula is C42H88P+. The maximum absolute atomic E-state index is 2.36. The van der Waals surface area contributed by atoms with Gasteiger partial charge in [-0.25, -0.2) is 0 Å². The molecule has 0 saturated heterocycles. The molecule has 0 N–H and O–H groups in total. The molecule has 43 heavy (non-hydrogen) atoms. The van der Waals surface area contributed by atoms with E-state index in [9.17, 15) is 0 Å². The van der Waals surface area contributed by atoms with Gasteiger partial charge >= 0.3 is 0 Å². The van der Waals surface area contributed by atoms with Crippen LogP contribution in [0, 0.1) is 0 Å². The fourth-order valence-electron chi connectivity index (χ4n) is 7.35. The highest BCUT2D eigenvalue weighted by atomic mass is 31.2. The van der Waals surface area contributed by atoms with Crippen LogP contribution in [0.2, 0.25) is 0 Å². The summed E-state index contributed by atoms with van der Waals surface area (Å²) in [6.07, 6.45) is 57.2. The molecule has 0 unspecified atom stereocenters.